The fraction of sp³-hybridized carbons (Fsp3) is 0.938. The molecule has 0 saturated heterocycles. The largest absolute Gasteiger partial charge is 0.444 e. The lowest BCUT2D eigenvalue weighted by Gasteiger charge is -2.24. The van der Waals surface area contributed by atoms with Gasteiger partial charge in [-0.25, -0.2) is 4.79 Å². The number of nitrogens with one attached hydrogen (secondary N) is 2. The van der Waals surface area contributed by atoms with Crippen molar-refractivity contribution in [2.75, 3.05) is 19.3 Å². The van der Waals surface area contributed by atoms with Crippen LogP contribution in [0.2, 0.25) is 0 Å². The minimum Gasteiger partial charge on any atom is -0.444 e. The van der Waals surface area contributed by atoms with Crippen molar-refractivity contribution in [1.29, 1.82) is 0 Å². The van der Waals surface area contributed by atoms with E-state index in [1.54, 1.807) is 6.26 Å². The number of carbonyl (C=O) groups is 1. The van der Waals surface area contributed by atoms with E-state index in [9.17, 15) is 9.00 Å². The van der Waals surface area contributed by atoms with Gasteiger partial charge < -0.3 is 15.4 Å². The highest BCUT2D eigenvalue weighted by molar-refractivity contribution is 7.84. The molecule has 4 unspecified atom stereocenters. The molecule has 4 atom stereocenters. The number of rotatable bonds is 7. The first kappa shape index (κ1) is 19.4. The van der Waals surface area contributed by atoms with Crippen molar-refractivity contribution in [3.05, 3.63) is 0 Å². The topological polar surface area (TPSA) is 67.4 Å². The van der Waals surface area contributed by atoms with Gasteiger partial charge in [-0.15, -0.1) is 0 Å². The average molecular weight is 333 g/mol. The monoisotopic (exact) mass is 332 g/mol. The lowest BCUT2D eigenvalue weighted by molar-refractivity contribution is 0.0517. The van der Waals surface area contributed by atoms with E-state index >= 15 is 0 Å². The molecular weight excluding hydrogens is 300 g/mol. The van der Waals surface area contributed by atoms with Crippen molar-refractivity contribution < 1.29 is 13.7 Å². The molecular formula is C16H32N2O3S. The van der Waals surface area contributed by atoms with Gasteiger partial charge in [0.2, 0.25) is 0 Å². The number of alkyl carbamates (subject to hydrolysis) is 1. The molecule has 1 aliphatic carbocycles. The maximum Gasteiger partial charge on any atom is 0.407 e. The molecule has 0 radical (unpaired) electrons. The SMILES string of the molecule is CC(CCNC1CCCC1CNC(=O)OC(C)(C)C)S(C)=O. The van der Waals surface area contributed by atoms with E-state index in [4.69, 9.17) is 4.74 Å². The van der Waals surface area contributed by atoms with E-state index in [2.05, 4.69) is 10.6 Å². The average Bonchev–Trinajstić information content (AvgIpc) is 2.81. The molecule has 0 bridgehead atoms. The van der Waals surface area contributed by atoms with Crippen LogP contribution >= 0.6 is 0 Å². The number of amides is 1. The molecule has 1 rings (SSSR count). The molecule has 1 fully saturated rings. The zero-order valence-electron chi connectivity index (χ0n) is 14.6. The first-order chi connectivity index (χ1) is 10.2. The normalized spacial score (nSPS) is 24.8. The van der Waals surface area contributed by atoms with Crippen molar-refractivity contribution in [1.82, 2.24) is 10.6 Å². The van der Waals surface area contributed by atoms with Crippen molar-refractivity contribution in [2.24, 2.45) is 5.92 Å². The first-order valence-corrected chi connectivity index (χ1v) is 9.83. The molecule has 1 aliphatic rings. The van der Waals surface area contributed by atoms with Crippen molar-refractivity contribution in [2.45, 2.75) is 70.3 Å². The first-order valence-electron chi connectivity index (χ1n) is 8.21. The smallest absolute Gasteiger partial charge is 0.407 e. The van der Waals surface area contributed by atoms with Crippen LogP contribution in [0.15, 0.2) is 0 Å². The van der Waals surface area contributed by atoms with Crippen molar-refractivity contribution >= 4 is 16.9 Å². The molecule has 1 saturated carbocycles. The van der Waals surface area contributed by atoms with Gasteiger partial charge in [-0.3, -0.25) is 4.21 Å². The molecule has 5 nitrogen and oxygen atoms in total. The summed E-state index contributed by atoms with van der Waals surface area (Å²) in [4.78, 5) is 11.7. The standard InChI is InChI=1S/C16H32N2O3S/c1-12(22(5)20)9-10-17-14-8-6-7-13(14)11-18-15(19)21-16(2,3)4/h12-14,17H,6-11H2,1-5H3,(H,18,19). The summed E-state index contributed by atoms with van der Waals surface area (Å²) in [5, 5.41) is 6.67. The Labute approximate surface area is 137 Å². The number of ether oxygens (including phenoxy) is 1. The predicted molar refractivity (Wildman–Crippen MR) is 91.5 cm³/mol. The van der Waals surface area contributed by atoms with Crippen LogP contribution in [0.3, 0.4) is 0 Å². The Morgan fingerprint density at radius 3 is 2.64 bits per heavy atom. The highest BCUT2D eigenvalue weighted by Gasteiger charge is 2.27. The molecule has 1 amide bonds. The molecule has 6 heteroatoms. The molecule has 0 aromatic heterocycles. The second kappa shape index (κ2) is 8.87. The molecule has 130 valence electrons. The lowest BCUT2D eigenvalue weighted by atomic mass is 10.0. The van der Waals surface area contributed by atoms with Gasteiger partial charge in [0.15, 0.2) is 0 Å². The van der Waals surface area contributed by atoms with Crippen LogP contribution in [0.5, 0.6) is 0 Å². The van der Waals surface area contributed by atoms with Crippen LogP contribution < -0.4 is 10.6 Å². The highest BCUT2D eigenvalue weighted by Crippen LogP contribution is 2.25. The van der Waals surface area contributed by atoms with E-state index in [1.165, 1.54) is 6.42 Å². The number of carbonyl (C=O) groups excluding carboxylic acids is 1. The molecule has 0 heterocycles. The van der Waals surface area contributed by atoms with Crippen LogP contribution in [0.25, 0.3) is 0 Å². The van der Waals surface area contributed by atoms with E-state index in [0.717, 1.165) is 25.8 Å². The van der Waals surface area contributed by atoms with Crippen molar-refractivity contribution in [3.8, 4) is 0 Å². The van der Waals surface area contributed by atoms with Gasteiger partial charge in [-0.05, 0) is 52.5 Å². The van der Waals surface area contributed by atoms with Crippen LogP contribution in [0, 0.1) is 5.92 Å². The number of hydrogen-bond donors (Lipinski definition) is 2. The fourth-order valence-electron chi connectivity index (χ4n) is 2.72. The van der Waals surface area contributed by atoms with E-state index in [-0.39, 0.29) is 11.3 Å². The minimum atomic E-state index is -0.755. The Hall–Kier alpha value is -0.620. The Morgan fingerprint density at radius 1 is 1.36 bits per heavy atom. The van der Waals surface area contributed by atoms with Gasteiger partial charge >= 0.3 is 6.09 Å². The Balaban J connectivity index is 2.28. The fourth-order valence-corrected chi connectivity index (χ4v) is 3.17. The van der Waals surface area contributed by atoms with Gasteiger partial charge in [-0.2, -0.15) is 0 Å². The van der Waals surface area contributed by atoms with Crippen LogP contribution in [-0.2, 0) is 15.5 Å². The molecule has 0 spiro atoms. The van der Waals surface area contributed by atoms with Gasteiger partial charge in [0.25, 0.3) is 0 Å². The Kier molecular flexibility index (Phi) is 7.83. The molecule has 0 aliphatic heterocycles. The second-order valence-corrected chi connectivity index (χ2v) is 9.03. The zero-order valence-corrected chi connectivity index (χ0v) is 15.4. The molecule has 0 aromatic rings. The summed E-state index contributed by atoms with van der Waals surface area (Å²) in [5.74, 6) is 0.454. The van der Waals surface area contributed by atoms with E-state index < -0.39 is 16.4 Å². The van der Waals surface area contributed by atoms with E-state index in [1.807, 2.05) is 27.7 Å². The third kappa shape index (κ3) is 7.58. The van der Waals surface area contributed by atoms with Gasteiger partial charge in [0, 0.05) is 34.9 Å². The van der Waals surface area contributed by atoms with Crippen LogP contribution in [-0.4, -0.2) is 46.5 Å². The lowest BCUT2D eigenvalue weighted by Crippen LogP contribution is -2.41. The maximum absolute atomic E-state index is 11.7. The quantitative estimate of drug-likeness (QED) is 0.751. The summed E-state index contributed by atoms with van der Waals surface area (Å²) >= 11 is 0. The van der Waals surface area contributed by atoms with Crippen LogP contribution in [0.4, 0.5) is 4.79 Å². The maximum atomic E-state index is 11.7. The van der Waals surface area contributed by atoms with Gasteiger partial charge in [0.1, 0.15) is 5.60 Å². The summed E-state index contributed by atoms with van der Waals surface area (Å²) in [7, 11) is -0.755. The van der Waals surface area contributed by atoms with Gasteiger partial charge in [-0.1, -0.05) is 13.3 Å². The van der Waals surface area contributed by atoms with Crippen molar-refractivity contribution in [3.63, 3.8) is 0 Å². The Bertz CT molecular complexity index is 382. The van der Waals surface area contributed by atoms with E-state index in [0.29, 0.717) is 18.5 Å². The van der Waals surface area contributed by atoms with Crippen LogP contribution in [0.1, 0.15) is 53.4 Å². The molecule has 22 heavy (non-hydrogen) atoms. The predicted octanol–water partition coefficient (Wildman–Crippen LogP) is 2.43. The highest BCUT2D eigenvalue weighted by atomic mass is 32.2. The summed E-state index contributed by atoms with van der Waals surface area (Å²) in [6, 6.07) is 0.437. The molecule has 0 aromatic carbocycles. The third-order valence-electron chi connectivity index (χ3n) is 4.09. The summed E-state index contributed by atoms with van der Waals surface area (Å²) in [6.07, 6.45) is 5.80. The number of hydrogen-bond acceptors (Lipinski definition) is 4. The van der Waals surface area contributed by atoms with Gasteiger partial charge in [0.05, 0.1) is 0 Å². The summed E-state index contributed by atoms with van der Waals surface area (Å²) < 4.78 is 16.6. The third-order valence-corrected chi connectivity index (χ3v) is 5.46. The zero-order chi connectivity index (χ0) is 16.8. The summed E-state index contributed by atoms with van der Waals surface area (Å²) in [6.45, 7) is 9.16. The summed E-state index contributed by atoms with van der Waals surface area (Å²) in [5.41, 5.74) is -0.455. The Morgan fingerprint density at radius 2 is 2.05 bits per heavy atom. The minimum absolute atomic E-state index is 0.229. The molecule has 2 N–H and O–H groups in total. The second-order valence-electron chi connectivity index (χ2n) is 7.23.